The fraction of sp³-hybridized carbons (Fsp3) is 0.125. The summed E-state index contributed by atoms with van der Waals surface area (Å²) in [5.41, 5.74) is 1.40. The summed E-state index contributed by atoms with van der Waals surface area (Å²) in [6.07, 6.45) is 4.93. The molecule has 0 radical (unpaired) electrons. The normalized spacial score (nSPS) is 16.2. The highest BCUT2D eigenvalue weighted by atomic mass is 16.5. The molecule has 104 valence electrons. The summed E-state index contributed by atoms with van der Waals surface area (Å²) in [7, 11) is 1.53. The van der Waals surface area contributed by atoms with E-state index in [2.05, 4.69) is 6.07 Å². The molecule has 1 aromatic carbocycles. The van der Waals surface area contributed by atoms with Gasteiger partial charge in [0.2, 0.25) is 0 Å². The number of methoxy groups -OCH3 is 1. The first-order valence-corrected chi connectivity index (χ1v) is 6.38. The van der Waals surface area contributed by atoms with Crippen molar-refractivity contribution in [3.63, 3.8) is 0 Å². The number of anilines is 1. The maximum Gasteiger partial charge on any atom is 0.295 e. The first-order valence-electron chi connectivity index (χ1n) is 6.38. The second-order valence-corrected chi connectivity index (χ2v) is 4.48. The fourth-order valence-electron chi connectivity index (χ4n) is 2.36. The topological polar surface area (TPSA) is 66.5 Å². The molecular weight excluding hydrogens is 268 g/mol. The Morgan fingerprint density at radius 3 is 2.90 bits per heavy atom. The smallest absolute Gasteiger partial charge is 0.295 e. The molecule has 0 spiro atoms. The predicted molar refractivity (Wildman–Crippen MR) is 76.9 cm³/mol. The Labute approximate surface area is 121 Å². The monoisotopic (exact) mass is 280 g/mol. The number of furan rings is 1. The third-order valence-electron chi connectivity index (χ3n) is 3.31. The lowest BCUT2D eigenvalue weighted by atomic mass is 10.0. The van der Waals surface area contributed by atoms with Crippen molar-refractivity contribution in [2.45, 2.75) is 6.04 Å². The van der Waals surface area contributed by atoms with Crippen LogP contribution in [0.2, 0.25) is 0 Å². The molecule has 0 bridgehead atoms. The molecule has 1 aliphatic heterocycles. The summed E-state index contributed by atoms with van der Waals surface area (Å²) in [6.45, 7) is 0. The molecule has 0 saturated heterocycles. The summed E-state index contributed by atoms with van der Waals surface area (Å²) in [4.78, 5) is 14.0. The molecule has 0 N–H and O–H groups in total. The Bertz CT molecular complexity index is 741. The van der Waals surface area contributed by atoms with Gasteiger partial charge in [0.05, 0.1) is 25.1 Å². The van der Waals surface area contributed by atoms with Gasteiger partial charge in [-0.1, -0.05) is 18.2 Å². The van der Waals surface area contributed by atoms with Crippen LogP contribution in [-0.2, 0) is 0 Å². The van der Waals surface area contributed by atoms with Gasteiger partial charge in [0.15, 0.2) is 5.76 Å². The fourth-order valence-corrected chi connectivity index (χ4v) is 2.36. The van der Waals surface area contributed by atoms with Gasteiger partial charge in [-0.15, -0.1) is 0 Å². The number of ether oxygens (including phenoxy) is 1. The second kappa shape index (κ2) is 5.17. The van der Waals surface area contributed by atoms with E-state index in [9.17, 15) is 10.1 Å². The second-order valence-electron chi connectivity index (χ2n) is 4.48. The van der Waals surface area contributed by atoms with Crippen molar-refractivity contribution >= 4 is 17.7 Å². The number of nitrogens with zero attached hydrogens (tertiary/aromatic N) is 2. The SMILES string of the molecule is COc1cccc2c1N(C(=O)c1ccco1)[C@@H](C#N)C=C2. The van der Waals surface area contributed by atoms with Crippen molar-refractivity contribution in [1.29, 1.82) is 5.26 Å². The first-order chi connectivity index (χ1) is 10.3. The summed E-state index contributed by atoms with van der Waals surface area (Å²) >= 11 is 0. The van der Waals surface area contributed by atoms with Gasteiger partial charge in [-0.05, 0) is 24.3 Å². The number of hydrogen-bond acceptors (Lipinski definition) is 4. The molecule has 2 heterocycles. The zero-order chi connectivity index (χ0) is 14.8. The molecule has 5 heteroatoms. The van der Waals surface area contributed by atoms with E-state index in [-0.39, 0.29) is 11.7 Å². The van der Waals surface area contributed by atoms with Crippen LogP contribution in [-0.4, -0.2) is 19.1 Å². The highest BCUT2D eigenvalue weighted by molar-refractivity contribution is 6.08. The summed E-state index contributed by atoms with van der Waals surface area (Å²) in [5, 5.41) is 9.33. The van der Waals surface area contributed by atoms with Crippen LogP contribution in [0.15, 0.2) is 47.1 Å². The minimum atomic E-state index is -0.702. The van der Waals surface area contributed by atoms with E-state index in [0.29, 0.717) is 11.4 Å². The predicted octanol–water partition coefficient (Wildman–Crippen LogP) is 2.85. The standard InChI is InChI=1S/C16H12N2O3/c1-20-13-5-2-4-11-7-8-12(10-17)18(15(11)13)16(19)14-6-3-9-21-14/h2-9,12H,1H3/t12-/m1/s1. The van der Waals surface area contributed by atoms with Gasteiger partial charge < -0.3 is 9.15 Å². The highest BCUT2D eigenvalue weighted by Gasteiger charge is 2.32. The highest BCUT2D eigenvalue weighted by Crippen LogP contribution is 2.38. The largest absolute Gasteiger partial charge is 0.495 e. The maximum atomic E-state index is 12.7. The molecule has 0 fully saturated rings. The van der Waals surface area contributed by atoms with E-state index in [1.807, 2.05) is 18.2 Å². The lowest BCUT2D eigenvalue weighted by Crippen LogP contribution is -2.40. The van der Waals surface area contributed by atoms with Gasteiger partial charge in [-0.25, -0.2) is 0 Å². The maximum absolute atomic E-state index is 12.7. The minimum Gasteiger partial charge on any atom is -0.495 e. The molecule has 0 saturated carbocycles. The van der Waals surface area contributed by atoms with Gasteiger partial charge >= 0.3 is 0 Å². The van der Waals surface area contributed by atoms with Gasteiger partial charge in [0.1, 0.15) is 11.8 Å². The molecule has 1 aromatic heterocycles. The van der Waals surface area contributed by atoms with E-state index in [1.165, 1.54) is 18.3 Å². The van der Waals surface area contributed by atoms with Crippen LogP contribution >= 0.6 is 0 Å². The molecule has 2 aromatic rings. The van der Waals surface area contributed by atoms with Crippen molar-refractivity contribution in [3.05, 3.63) is 54.0 Å². The molecule has 5 nitrogen and oxygen atoms in total. The van der Waals surface area contributed by atoms with Crippen LogP contribution in [0, 0.1) is 11.3 Å². The third kappa shape index (κ3) is 2.07. The molecule has 1 amide bonds. The number of nitriles is 1. The Kier molecular flexibility index (Phi) is 3.20. The van der Waals surface area contributed by atoms with Crippen LogP contribution in [0.25, 0.3) is 6.08 Å². The number of rotatable bonds is 2. The van der Waals surface area contributed by atoms with Crippen LogP contribution < -0.4 is 9.64 Å². The average Bonchev–Trinajstić information content (AvgIpc) is 3.06. The molecule has 0 aliphatic carbocycles. The first kappa shape index (κ1) is 13.0. The Balaban J connectivity index is 2.16. The number of benzene rings is 1. The van der Waals surface area contributed by atoms with Crippen LogP contribution in [0.4, 0.5) is 5.69 Å². The molecule has 1 atom stereocenters. The summed E-state index contributed by atoms with van der Waals surface area (Å²) in [5.74, 6) is 0.348. The van der Waals surface area contributed by atoms with Crippen molar-refractivity contribution < 1.29 is 13.9 Å². The third-order valence-corrected chi connectivity index (χ3v) is 3.31. The van der Waals surface area contributed by atoms with E-state index in [4.69, 9.17) is 9.15 Å². The molecule has 0 unspecified atom stereocenters. The molecular formula is C16H12N2O3. The number of para-hydroxylation sites is 1. The van der Waals surface area contributed by atoms with E-state index in [1.54, 1.807) is 24.3 Å². The lowest BCUT2D eigenvalue weighted by molar-refractivity contribution is 0.0957. The van der Waals surface area contributed by atoms with Crippen molar-refractivity contribution in [3.8, 4) is 11.8 Å². The van der Waals surface area contributed by atoms with E-state index in [0.717, 1.165) is 5.56 Å². The van der Waals surface area contributed by atoms with E-state index < -0.39 is 6.04 Å². The quantitative estimate of drug-likeness (QED) is 0.848. The van der Waals surface area contributed by atoms with Gasteiger partial charge in [0.25, 0.3) is 5.91 Å². The zero-order valence-electron chi connectivity index (χ0n) is 11.3. The number of carbonyl (C=O) groups excluding carboxylic acids is 1. The van der Waals surface area contributed by atoms with E-state index >= 15 is 0 Å². The van der Waals surface area contributed by atoms with Gasteiger partial charge in [-0.2, -0.15) is 5.26 Å². The Morgan fingerprint density at radius 1 is 1.38 bits per heavy atom. The minimum absolute atomic E-state index is 0.183. The van der Waals surface area contributed by atoms with Gasteiger partial charge in [0, 0.05) is 5.56 Å². The van der Waals surface area contributed by atoms with Crippen LogP contribution in [0.1, 0.15) is 16.1 Å². The molecule has 3 rings (SSSR count). The summed E-state index contributed by atoms with van der Waals surface area (Å²) < 4.78 is 10.5. The number of fused-ring (bicyclic) bond motifs is 1. The number of amides is 1. The lowest BCUT2D eigenvalue weighted by Gasteiger charge is -2.30. The number of carbonyl (C=O) groups is 1. The number of hydrogen-bond donors (Lipinski definition) is 0. The van der Waals surface area contributed by atoms with Gasteiger partial charge in [-0.3, -0.25) is 9.69 Å². The van der Waals surface area contributed by atoms with Crippen LogP contribution in [0.3, 0.4) is 0 Å². The van der Waals surface area contributed by atoms with Crippen molar-refractivity contribution in [2.24, 2.45) is 0 Å². The zero-order valence-corrected chi connectivity index (χ0v) is 11.3. The Morgan fingerprint density at radius 2 is 2.24 bits per heavy atom. The molecule has 21 heavy (non-hydrogen) atoms. The van der Waals surface area contributed by atoms with Crippen LogP contribution in [0.5, 0.6) is 5.75 Å². The summed E-state index contributed by atoms with van der Waals surface area (Å²) in [6, 6.07) is 10.1. The average molecular weight is 280 g/mol. The van der Waals surface area contributed by atoms with Crippen molar-refractivity contribution in [1.82, 2.24) is 0 Å². The Hall–Kier alpha value is -3.00. The molecule has 1 aliphatic rings. The van der Waals surface area contributed by atoms with Crippen molar-refractivity contribution in [2.75, 3.05) is 12.0 Å².